The number of ether oxygens (including phenoxy) is 2. The molecule has 1 saturated heterocycles. The van der Waals surface area contributed by atoms with Crippen LogP contribution in [0.25, 0.3) is 12.3 Å². The predicted octanol–water partition coefficient (Wildman–Crippen LogP) is 3.59. The molecule has 2 atom stereocenters. The maximum absolute atomic E-state index is 12.7. The lowest BCUT2D eigenvalue weighted by Gasteiger charge is -2.16. The molecule has 150 valence electrons. The predicted molar refractivity (Wildman–Crippen MR) is 105 cm³/mol. The zero-order valence-corrected chi connectivity index (χ0v) is 16.4. The Balaban J connectivity index is 1.88. The Kier molecular flexibility index (Phi) is 6.28. The van der Waals surface area contributed by atoms with Gasteiger partial charge in [-0.2, -0.15) is 8.78 Å². The van der Waals surface area contributed by atoms with Crippen molar-refractivity contribution in [2.45, 2.75) is 33.0 Å². The van der Waals surface area contributed by atoms with Gasteiger partial charge in [-0.05, 0) is 44.0 Å². The fourth-order valence-electron chi connectivity index (χ4n) is 3.09. The van der Waals surface area contributed by atoms with Crippen molar-refractivity contribution in [3.63, 3.8) is 0 Å². The first kappa shape index (κ1) is 20.3. The lowest BCUT2D eigenvalue weighted by molar-refractivity contribution is -0.0519. The SMILES string of the molecule is Cc1cc(=O)cc(C)n1/C=C/c1ccc(OC(F)F)c(O[C@H]2CC[S@](=O)C2)c1. The van der Waals surface area contributed by atoms with Crippen LogP contribution in [-0.4, -0.2) is 33.0 Å². The Morgan fingerprint density at radius 1 is 1.18 bits per heavy atom. The van der Waals surface area contributed by atoms with Crippen molar-refractivity contribution >= 4 is 23.1 Å². The fourth-order valence-corrected chi connectivity index (χ4v) is 4.43. The Bertz CT molecular complexity index is 945. The second-order valence-corrected chi connectivity index (χ2v) is 8.20. The van der Waals surface area contributed by atoms with E-state index >= 15 is 0 Å². The highest BCUT2D eigenvalue weighted by atomic mass is 32.2. The van der Waals surface area contributed by atoms with Crippen molar-refractivity contribution in [1.82, 2.24) is 4.57 Å². The maximum atomic E-state index is 12.7. The van der Waals surface area contributed by atoms with Crippen molar-refractivity contribution in [3.8, 4) is 11.5 Å². The monoisotopic (exact) mass is 409 g/mol. The van der Waals surface area contributed by atoms with E-state index in [-0.39, 0.29) is 23.0 Å². The highest BCUT2D eigenvalue weighted by Crippen LogP contribution is 2.32. The summed E-state index contributed by atoms with van der Waals surface area (Å²) in [5, 5.41) is 0. The van der Waals surface area contributed by atoms with Gasteiger partial charge in [0.15, 0.2) is 16.9 Å². The Morgan fingerprint density at radius 2 is 1.89 bits per heavy atom. The minimum Gasteiger partial charge on any atom is -0.486 e. The molecule has 0 spiro atoms. The minimum absolute atomic E-state index is 0.0550. The highest BCUT2D eigenvalue weighted by molar-refractivity contribution is 7.85. The van der Waals surface area contributed by atoms with E-state index in [0.29, 0.717) is 23.5 Å². The van der Waals surface area contributed by atoms with E-state index in [0.717, 1.165) is 11.4 Å². The summed E-state index contributed by atoms with van der Waals surface area (Å²) in [7, 11) is -0.942. The lowest BCUT2D eigenvalue weighted by atomic mass is 10.2. The van der Waals surface area contributed by atoms with Crippen LogP contribution >= 0.6 is 0 Å². The first-order valence-corrected chi connectivity index (χ1v) is 10.3. The summed E-state index contributed by atoms with van der Waals surface area (Å²) in [6.45, 7) is 0.688. The molecule has 0 amide bonds. The van der Waals surface area contributed by atoms with Gasteiger partial charge in [0.05, 0.1) is 5.75 Å². The molecule has 3 rings (SSSR count). The molecule has 1 aliphatic heterocycles. The van der Waals surface area contributed by atoms with E-state index in [1.54, 1.807) is 24.4 Å². The number of benzene rings is 1. The van der Waals surface area contributed by atoms with E-state index in [1.807, 2.05) is 18.4 Å². The van der Waals surface area contributed by atoms with Crippen LogP contribution in [0, 0.1) is 13.8 Å². The molecule has 0 N–H and O–H groups in total. The number of hydrogen-bond donors (Lipinski definition) is 0. The first-order valence-electron chi connectivity index (χ1n) is 8.80. The summed E-state index contributed by atoms with van der Waals surface area (Å²) >= 11 is 0. The average Bonchev–Trinajstić information content (AvgIpc) is 3.00. The van der Waals surface area contributed by atoms with Gasteiger partial charge in [0.2, 0.25) is 0 Å². The third kappa shape index (κ3) is 5.07. The van der Waals surface area contributed by atoms with Crippen LogP contribution in [0.15, 0.2) is 35.1 Å². The van der Waals surface area contributed by atoms with Gasteiger partial charge in [-0.1, -0.05) is 6.07 Å². The second kappa shape index (κ2) is 8.68. The molecule has 28 heavy (non-hydrogen) atoms. The highest BCUT2D eigenvalue weighted by Gasteiger charge is 2.24. The summed E-state index contributed by atoms with van der Waals surface area (Å²) in [6, 6.07) is 7.75. The van der Waals surface area contributed by atoms with Crippen molar-refractivity contribution < 1.29 is 22.5 Å². The van der Waals surface area contributed by atoms with Crippen LogP contribution in [0.2, 0.25) is 0 Å². The average molecular weight is 409 g/mol. The number of rotatable bonds is 6. The topological polar surface area (TPSA) is 57.5 Å². The Labute approximate surface area is 164 Å². The smallest absolute Gasteiger partial charge is 0.387 e. The van der Waals surface area contributed by atoms with Gasteiger partial charge >= 0.3 is 6.61 Å². The molecule has 2 heterocycles. The molecule has 1 fully saturated rings. The van der Waals surface area contributed by atoms with Gasteiger partial charge in [0.1, 0.15) is 6.10 Å². The molecular weight excluding hydrogens is 388 g/mol. The number of alkyl halides is 2. The second-order valence-electron chi connectivity index (χ2n) is 6.58. The minimum atomic E-state index is -2.96. The van der Waals surface area contributed by atoms with E-state index in [4.69, 9.17) is 4.74 Å². The van der Waals surface area contributed by atoms with Crippen LogP contribution < -0.4 is 14.9 Å². The van der Waals surface area contributed by atoms with Crippen LogP contribution in [0.3, 0.4) is 0 Å². The van der Waals surface area contributed by atoms with E-state index in [2.05, 4.69) is 4.74 Å². The number of halogens is 2. The fraction of sp³-hybridized carbons (Fsp3) is 0.350. The quantitative estimate of drug-likeness (QED) is 0.732. The number of aromatic nitrogens is 1. The maximum Gasteiger partial charge on any atom is 0.387 e. The van der Waals surface area contributed by atoms with E-state index in [9.17, 15) is 17.8 Å². The molecule has 1 aromatic heterocycles. The zero-order valence-electron chi connectivity index (χ0n) is 15.6. The summed E-state index contributed by atoms with van der Waals surface area (Å²) in [4.78, 5) is 11.5. The third-order valence-corrected chi connectivity index (χ3v) is 5.83. The van der Waals surface area contributed by atoms with Crippen molar-refractivity contribution in [1.29, 1.82) is 0 Å². The first-order chi connectivity index (χ1) is 13.3. The number of aryl methyl sites for hydroxylation is 2. The van der Waals surface area contributed by atoms with Gasteiger partial charge in [0.25, 0.3) is 0 Å². The van der Waals surface area contributed by atoms with Gasteiger partial charge in [-0.25, -0.2) is 0 Å². The third-order valence-electron chi connectivity index (χ3n) is 4.40. The standard InChI is InChI=1S/C20H21F2NO4S/c1-13-9-16(24)10-14(2)23(13)7-5-15-3-4-18(27-20(21)22)19(11-15)26-17-6-8-28(25)12-17/h3-5,7,9-11,17,20H,6,8,12H2,1-2H3/b7-5+/t17-,28-/m0/s1. The summed E-state index contributed by atoms with van der Waals surface area (Å²) in [5.41, 5.74) is 2.22. The van der Waals surface area contributed by atoms with E-state index in [1.165, 1.54) is 18.2 Å². The van der Waals surface area contributed by atoms with Crippen LogP contribution in [0.5, 0.6) is 11.5 Å². The van der Waals surface area contributed by atoms with Gasteiger partial charge < -0.3 is 14.0 Å². The summed E-state index contributed by atoms with van der Waals surface area (Å²) < 4.78 is 49.2. The van der Waals surface area contributed by atoms with Crippen molar-refractivity contribution in [2.75, 3.05) is 11.5 Å². The Hall–Kier alpha value is -2.48. The molecule has 8 heteroatoms. The molecule has 0 bridgehead atoms. The van der Waals surface area contributed by atoms with Crippen molar-refractivity contribution in [3.05, 3.63) is 57.5 Å². The molecule has 0 saturated carbocycles. The summed E-state index contributed by atoms with van der Waals surface area (Å²) in [6.07, 6.45) is 3.90. The largest absolute Gasteiger partial charge is 0.486 e. The van der Waals surface area contributed by atoms with Crippen LogP contribution in [0.1, 0.15) is 23.4 Å². The number of hydrogen-bond acceptors (Lipinski definition) is 4. The molecule has 5 nitrogen and oxygen atoms in total. The van der Waals surface area contributed by atoms with Gasteiger partial charge in [-0.15, -0.1) is 0 Å². The zero-order chi connectivity index (χ0) is 20.3. The van der Waals surface area contributed by atoms with Crippen LogP contribution in [-0.2, 0) is 10.8 Å². The molecule has 0 radical (unpaired) electrons. The molecular formula is C20H21F2NO4S. The van der Waals surface area contributed by atoms with E-state index < -0.39 is 17.4 Å². The van der Waals surface area contributed by atoms with Crippen molar-refractivity contribution in [2.24, 2.45) is 0 Å². The van der Waals surface area contributed by atoms with Gasteiger partial charge in [0, 0.05) is 46.3 Å². The molecule has 2 aromatic rings. The lowest BCUT2D eigenvalue weighted by Crippen LogP contribution is -2.17. The number of pyridine rings is 1. The molecule has 1 aliphatic rings. The molecule has 1 aromatic carbocycles. The molecule has 0 unspecified atom stereocenters. The Morgan fingerprint density at radius 3 is 2.50 bits per heavy atom. The normalized spacial score (nSPS) is 19.5. The van der Waals surface area contributed by atoms with Crippen LogP contribution in [0.4, 0.5) is 8.78 Å². The number of nitrogens with zero attached hydrogens (tertiary/aromatic N) is 1. The molecule has 0 aliphatic carbocycles. The van der Waals surface area contributed by atoms with Gasteiger partial charge in [-0.3, -0.25) is 9.00 Å². The summed E-state index contributed by atoms with van der Waals surface area (Å²) in [5.74, 6) is 1.06.